The molecule has 2 heterocycles. The lowest BCUT2D eigenvalue weighted by Crippen LogP contribution is -2.48. The molecule has 0 N–H and O–H groups in total. The number of benzene rings is 1. The Morgan fingerprint density at radius 2 is 2.00 bits per heavy atom. The number of tetrazole rings is 1. The minimum atomic E-state index is -3.07. The molecule has 1 saturated heterocycles. The number of aryl methyl sites for hydroxylation is 1. The Morgan fingerprint density at radius 1 is 1.29 bits per heavy atom. The van der Waals surface area contributed by atoms with E-state index < -0.39 is 9.84 Å². The number of carbonyl (C=O) groups is 1. The predicted octanol–water partition coefficient (Wildman–Crippen LogP) is 1.72. The molecule has 1 aliphatic rings. The third-order valence-corrected chi connectivity index (χ3v) is 7.06. The Hall–Kier alpha value is -2.29. The number of amides is 1. The summed E-state index contributed by atoms with van der Waals surface area (Å²) in [5.74, 6) is 0.455. The number of aromatic nitrogens is 4. The molecule has 2 aromatic rings. The molecule has 1 aromatic heterocycles. The highest BCUT2D eigenvalue weighted by Crippen LogP contribution is 2.22. The maximum absolute atomic E-state index is 12.9. The van der Waals surface area contributed by atoms with Crippen molar-refractivity contribution in [1.82, 2.24) is 25.1 Å². The molecule has 0 aliphatic carbocycles. The van der Waals surface area contributed by atoms with Gasteiger partial charge in [0.2, 0.25) is 11.7 Å². The van der Waals surface area contributed by atoms with Crippen LogP contribution >= 0.6 is 0 Å². The van der Waals surface area contributed by atoms with Crippen LogP contribution in [0.25, 0.3) is 11.4 Å². The van der Waals surface area contributed by atoms with Gasteiger partial charge in [0, 0.05) is 17.6 Å². The van der Waals surface area contributed by atoms with Crippen molar-refractivity contribution in [1.29, 1.82) is 0 Å². The minimum Gasteiger partial charge on any atom is -0.334 e. The molecule has 1 aromatic carbocycles. The number of nitrogens with zero attached hydrogens (tertiary/aromatic N) is 5. The molecule has 2 atom stereocenters. The van der Waals surface area contributed by atoms with Gasteiger partial charge in [-0.25, -0.2) is 8.42 Å². The van der Waals surface area contributed by atoms with E-state index in [-0.39, 0.29) is 36.0 Å². The van der Waals surface area contributed by atoms with E-state index in [1.807, 2.05) is 38.1 Å². The van der Waals surface area contributed by atoms with Gasteiger partial charge in [0.25, 0.3) is 0 Å². The molecule has 0 bridgehead atoms. The van der Waals surface area contributed by atoms with Gasteiger partial charge in [0.15, 0.2) is 9.84 Å². The Morgan fingerprint density at radius 3 is 2.57 bits per heavy atom. The summed E-state index contributed by atoms with van der Waals surface area (Å²) in [6.45, 7) is 5.97. The summed E-state index contributed by atoms with van der Waals surface area (Å²) in [5.41, 5.74) is 2.07. The first-order valence-corrected chi connectivity index (χ1v) is 11.5. The van der Waals surface area contributed by atoms with Gasteiger partial charge in [-0.2, -0.15) is 4.80 Å². The monoisotopic (exact) mass is 405 g/mol. The number of hydrogen-bond donors (Lipinski definition) is 0. The molecule has 28 heavy (non-hydrogen) atoms. The Labute approximate surface area is 165 Å². The molecule has 1 aliphatic heterocycles. The topological polar surface area (TPSA) is 98.0 Å². The average Bonchev–Trinajstić information content (AvgIpc) is 3.28. The van der Waals surface area contributed by atoms with Crippen molar-refractivity contribution < 1.29 is 13.2 Å². The number of hydrogen-bond acceptors (Lipinski definition) is 6. The summed E-state index contributed by atoms with van der Waals surface area (Å²) in [6, 6.07) is 7.60. The zero-order chi connectivity index (χ0) is 20.3. The van der Waals surface area contributed by atoms with E-state index in [1.165, 1.54) is 10.4 Å². The van der Waals surface area contributed by atoms with Crippen molar-refractivity contribution >= 4 is 15.7 Å². The van der Waals surface area contributed by atoms with Crippen LogP contribution in [0.4, 0.5) is 0 Å². The lowest BCUT2D eigenvalue weighted by atomic mass is 10.1. The maximum atomic E-state index is 12.9. The zero-order valence-corrected chi connectivity index (χ0v) is 17.4. The second-order valence-electron chi connectivity index (χ2n) is 7.31. The molecule has 1 fully saturated rings. The van der Waals surface area contributed by atoms with E-state index >= 15 is 0 Å². The van der Waals surface area contributed by atoms with E-state index in [0.717, 1.165) is 18.4 Å². The third kappa shape index (κ3) is 4.57. The molecule has 9 heteroatoms. The molecule has 0 radical (unpaired) electrons. The summed E-state index contributed by atoms with van der Waals surface area (Å²) in [4.78, 5) is 15.9. The summed E-state index contributed by atoms with van der Waals surface area (Å²) in [7, 11) is -3.07. The first kappa shape index (κ1) is 20.4. The SMILES string of the molecule is CCc1ccc(-c2nnn(CC(=O)N([C@@H]3CCS(=O)(=O)C3)[C@@H](C)CC)n2)cc1. The van der Waals surface area contributed by atoms with Crippen molar-refractivity contribution in [2.45, 2.75) is 58.7 Å². The minimum absolute atomic E-state index is 0.0306. The lowest BCUT2D eigenvalue weighted by molar-refractivity contribution is -0.136. The van der Waals surface area contributed by atoms with Crippen LogP contribution in [0.1, 0.15) is 39.2 Å². The zero-order valence-electron chi connectivity index (χ0n) is 16.6. The van der Waals surface area contributed by atoms with Crippen molar-refractivity contribution in [2.24, 2.45) is 0 Å². The van der Waals surface area contributed by atoms with Crippen LogP contribution in [0.15, 0.2) is 24.3 Å². The van der Waals surface area contributed by atoms with Gasteiger partial charge in [-0.3, -0.25) is 4.79 Å². The van der Waals surface area contributed by atoms with E-state index in [1.54, 1.807) is 4.90 Å². The van der Waals surface area contributed by atoms with Crippen LogP contribution in [-0.2, 0) is 27.6 Å². The van der Waals surface area contributed by atoms with Crippen molar-refractivity contribution in [3.63, 3.8) is 0 Å². The van der Waals surface area contributed by atoms with Crippen LogP contribution in [0, 0.1) is 0 Å². The second-order valence-corrected chi connectivity index (χ2v) is 9.54. The normalized spacial score (nSPS) is 19.5. The average molecular weight is 406 g/mol. The molecule has 0 saturated carbocycles. The molecule has 152 valence electrons. The van der Waals surface area contributed by atoms with Gasteiger partial charge in [0.05, 0.1) is 11.5 Å². The Balaban J connectivity index is 1.74. The van der Waals surface area contributed by atoms with E-state index in [9.17, 15) is 13.2 Å². The standard InChI is InChI=1S/C19H27N5O3S/c1-4-14(3)24(17-10-11-28(26,27)13-17)18(25)12-23-21-19(20-22-23)16-8-6-15(5-2)7-9-16/h6-9,14,17H,4-5,10-13H2,1-3H3/t14-,17+/m0/s1. The first-order valence-electron chi connectivity index (χ1n) is 9.71. The summed E-state index contributed by atoms with van der Waals surface area (Å²) in [5, 5.41) is 12.4. The quantitative estimate of drug-likeness (QED) is 0.696. The predicted molar refractivity (Wildman–Crippen MR) is 106 cm³/mol. The molecule has 3 rings (SSSR count). The smallest absolute Gasteiger partial charge is 0.246 e. The lowest BCUT2D eigenvalue weighted by Gasteiger charge is -2.33. The highest BCUT2D eigenvalue weighted by Gasteiger charge is 2.36. The van der Waals surface area contributed by atoms with E-state index in [2.05, 4.69) is 22.3 Å². The van der Waals surface area contributed by atoms with Gasteiger partial charge in [0.1, 0.15) is 6.54 Å². The highest BCUT2D eigenvalue weighted by atomic mass is 32.2. The van der Waals surface area contributed by atoms with Crippen LogP contribution in [0.2, 0.25) is 0 Å². The molecule has 8 nitrogen and oxygen atoms in total. The number of rotatable bonds is 7. The first-order chi connectivity index (χ1) is 13.3. The van der Waals surface area contributed by atoms with Crippen molar-refractivity contribution in [2.75, 3.05) is 11.5 Å². The summed E-state index contributed by atoms with van der Waals surface area (Å²) in [6.07, 6.45) is 2.19. The van der Waals surface area contributed by atoms with Gasteiger partial charge >= 0.3 is 0 Å². The van der Waals surface area contributed by atoms with Crippen LogP contribution in [-0.4, -0.2) is 63.0 Å². The fraction of sp³-hybridized carbons (Fsp3) is 0.579. The third-order valence-electron chi connectivity index (χ3n) is 5.31. The molecule has 0 spiro atoms. The molecule has 0 unspecified atom stereocenters. The van der Waals surface area contributed by atoms with Gasteiger partial charge in [-0.1, -0.05) is 38.1 Å². The maximum Gasteiger partial charge on any atom is 0.246 e. The van der Waals surface area contributed by atoms with E-state index in [4.69, 9.17) is 0 Å². The fourth-order valence-electron chi connectivity index (χ4n) is 3.52. The van der Waals surface area contributed by atoms with Crippen molar-refractivity contribution in [3.05, 3.63) is 29.8 Å². The van der Waals surface area contributed by atoms with E-state index in [0.29, 0.717) is 12.2 Å². The Bertz CT molecular complexity index is 923. The summed E-state index contributed by atoms with van der Waals surface area (Å²) < 4.78 is 23.7. The fourth-order valence-corrected chi connectivity index (χ4v) is 5.23. The van der Waals surface area contributed by atoms with Crippen molar-refractivity contribution in [3.8, 4) is 11.4 Å². The second kappa shape index (κ2) is 8.38. The van der Waals surface area contributed by atoms with Gasteiger partial charge in [-0.15, -0.1) is 10.2 Å². The van der Waals surface area contributed by atoms with Crippen LogP contribution in [0.3, 0.4) is 0 Å². The number of carbonyl (C=O) groups excluding carboxylic acids is 1. The molecular weight excluding hydrogens is 378 g/mol. The van der Waals surface area contributed by atoms with Gasteiger partial charge < -0.3 is 4.90 Å². The highest BCUT2D eigenvalue weighted by molar-refractivity contribution is 7.91. The van der Waals surface area contributed by atoms with Gasteiger partial charge in [-0.05, 0) is 37.0 Å². The van der Waals surface area contributed by atoms with Crippen LogP contribution < -0.4 is 0 Å². The Kier molecular flexibility index (Phi) is 6.12. The largest absolute Gasteiger partial charge is 0.334 e. The molecular formula is C19H27N5O3S. The van der Waals surface area contributed by atoms with Crippen LogP contribution in [0.5, 0.6) is 0 Å². The summed E-state index contributed by atoms with van der Waals surface area (Å²) >= 11 is 0. The molecule has 1 amide bonds. The number of sulfone groups is 1.